The molecule has 0 radical (unpaired) electrons. The van der Waals surface area contributed by atoms with E-state index in [1.165, 1.54) is 83.5 Å². The number of allylic oxidation sites excluding steroid dienone is 6. The average molecular weight is 847 g/mol. The summed E-state index contributed by atoms with van der Waals surface area (Å²) in [6, 6.07) is 0. The number of unbranched alkanes of at least 4 members (excludes halogenated alkanes) is 20. The fourth-order valence-corrected chi connectivity index (χ4v) is 7.77. The zero-order valence-corrected chi connectivity index (χ0v) is 37.0. The van der Waals surface area contributed by atoms with Crippen molar-refractivity contribution in [3.63, 3.8) is 0 Å². The molecule has 0 spiro atoms. The minimum Gasteiger partial charge on any atom is -0.457 e. The smallest absolute Gasteiger partial charge is 0.457 e. The highest BCUT2D eigenvalue weighted by molar-refractivity contribution is 7.47. The van der Waals surface area contributed by atoms with Crippen molar-refractivity contribution in [1.82, 2.24) is 0 Å². The van der Waals surface area contributed by atoms with Gasteiger partial charge >= 0.3 is 13.8 Å². The number of phosphoric acid groups is 1. The van der Waals surface area contributed by atoms with Crippen LogP contribution in [0.15, 0.2) is 36.5 Å². The maximum Gasteiger partial charge on any atom is 0.472 e. The van der Waals surface area contributed by atoms with Crippen LogP contribution in [-0.2, 0) is 27.9 Å². The summed E-state index contributed by atoms with van der Waals surface area (Å²) in [6.45, 7) is 4.16. The maximum atomic E-state index is 12.8. The Morgan fingerprint density at radius 2 is 1.00 bits per heavy atom. The van der Waals surface area contributed by atoms with Crippen molar-refractivity contribution < 1.29 is 58.3 Å². The lowest BCUT2D eigenvalue weighted by atomic mass is 9.85. The molecule has 6 unspecified atom stereocenters. The first kappa shape index (κ1) is 54.6. The van der Waals surface area contributed by atoms with Crippen molar-refractivity contribution in [3.05, 3.63) is 36.5 Å². The molecule has 1 saturated carbocycles. The van der Waals surface area contributed by atoms with Crippen LogP contribution in [0.1, 0.15) is 181 Å². The molecule has 0 heterocycles. The van der Waals surface area contributed by atoms with E-state index in [0.29, 0.717) is 13.0 Å². The molecule has 0 aliphatic heterocycles. The molecule has 0 bridgehead atoms. The lowest BCUT2D eigenvalue weighted by molar-refractivity contribution is -0.220. The highest BCUT2D eigenvalue weighted by atomic mass is 31.2. The van der Waals surface area contributed by atoms with Gasteiger partial charge in [-0.05, 0) is 64.2 Å². The van der Waals surface area contributed by atoms with Gasteiger partial charge in [0.2, 0.25) is 0 Å². The number of esters is 1. The third-order valence-corrected chi connectivity index (χ3v) is 11.5. The van der Waals surface area contributed by atoms with Gasteiger partial charge in [-0.2, -0.15) is 0 Å². The number of ether oxygens (including phenoxy) is 2. The molecular weight excluding hydrogens is 763 g/mol. The summed E-state index contributed by atoms with van der Waals surface area (Å²) in [5, 5.41) is 50.1. The van der Waals surface area contributed by atoms with Gasteiger partial charge in [-0.1, -0.05) is 147 Å². The van der Waals surface area contributed by atoms with Crippen molar-refractivity contribution in [2.24, 2.45) is 0 Å². The first-order valence-corrected chi connectivity index (χ1v) is 24.3. The van der Waals surface area contributed by atoms with Crippen LogP contribution < -0.4 is 0 Å². The van der Waals surface area contributed by atoms with Crippen molar-refractivity contribution in [2.75, 3.05) is 19.8 Å². The Balaban J connectivity index is 2.40. The normalized spacial score (nSPS) is 23.0. The number of hydrogen-bond donors (Lipinski definition) is 6. The lowest BCUT2D eigenvalue weighted by Crippen LogP contribution is -2.64. The molecule has 0 aromatic heterocycles. The molecular formula is C45H83O12P. The van der Waals surface area contributed by atoms with E-state index in [9.17, 15) is 39.8 Å². The highest BCUT2D eigenvalue weighted by Crippen LogP contribution is 2.47. The summed E-state index contributed by atoms with van der Waals surface area (Å²) in [4.78, 5) is 23.1. The van der Waals surface area contributed by atoms with Gasteiger partial charge in [0.05, 0.1) is 13.2 Å². The molecule has 1 fully saturated rings. The van der Waals surface area contributed by atoms with Crippen LogP contribution in [0.25, 0.3) is 0 Å². The van der Waals surface area contributed by atoms with Gasteiger partial charge in [0.15, 0.2) is 0 Å². The summed E-state index contributed by atoms with van der Waals surface area (Å²) in [5.74, 6) is -0.493. The topological polar surface area (TPSA) is 192 Å². The molecule has 1 aliphatic carbocycles. The van der Waals surface area contributed by atoms with Gasteiger partial charge in [-0.3, -0.25) is 13.8 Å². The molecule has 0 saturated heterocycles. The molecule has 1 rings (SSSR count). The van der Waals surface area contributed by atoms with E-state index in [1.807, 2.05) is 0 Å². The number of aliphatic hydroxyl groups excluding tert-OH is 5. The van der Waals surface area contributed by atoms with E-state index in [-0.39, 0.29) is 13.0 Å². The predicted octanol–water partition coefficient (Wildman–Crippen LogP) is 9.09. The summed E-state index contributed by atoms with van der Waals surface area (Å²) < 4.78 is 34.1. The molecule has 0 amide bonds. The van der Waals surface area contributed by atoms with Crippen molar-refractivity contribution >= 4 is 13.8 Å². The zero-order valence-electron chi connectivity index (χ0n) is 36.1. The number of phosphoric ester groups is 1. The quantitative estimate of drug-likeness (QED) is 0.0150. The fourth-order valence-electron chi connectivity index (χ4n) is 6.80. The molecule has 0 aromatic rings. The van der Waals surface area contributed by atoms with E-state index < -0.39 is 63.1 Å². The Bertz CT molecular complexity index is 1100. The second kappa shape index (κ2) is 36.2. The van der Waals surface area contributed by atoms with Crippen LogP contribution in [0.4, 0.5) is 0 Å². The number of carbonyl (C=O) groups excluding carboxylic acids is 1. The molecule has 1 aliphatic rings. The minimum atomic E-state index is -5.02. The highest BCUT2D eigenvalue weighted by Gasteiger charge is 2.51. The van der Waals surface area contributed by atoms with Gasteiger partial charge in [0.25, 0.3) is 0 Å². The minimum absolute atomic E-state index is 0.0840. The zero-order chi connectivity index (χ0) is 42.7. The van der Waals surface area contributed by atoms with Gasteiger partial charge in [-0.25, -0.2) is 4.57 Å². The fraction of sp³-hybridized carbons (Fsp3) is 0.844. The number of carbonyl (C=O) groups is 1. The van der Waals surface area contributed by atoms with Crippen LogP contribution >= 0.6 is 7.82 Å². The molecule has 0 aromatic carbocycles. The second-order valence-electron chi connectivity index (χ2n) is 15.9. The Labute approximate surface area is 351 Å². The predicted molar refractivity (Wildman–Crippen MR) is 230 cm³/mol. The van der Waals surface area contributed by atoms with Crippen LogP contribution in [0, 0.1) is 0 Å². The van der Waals surface area contributed by atoms with Gasteiger partial charge in [0, 0.05) is 13.0 Å². The molecule has 340 valence electrons. The molecule has 58 heavy (non-hydrogen) atoms. The van der Waals surface area contributed by atoms with Crippen LogP contribution in [0.3, 0.4) is 0 Å². The van der Waals surface area contributed by atoms with Crippen LogP contribution in [-0.4, -0.2) is 98.9 Å². The molecule has 12 nitrogen and oxygen atoms in total. The maximum absolute atomic E-state index is 12.8. The SMILES string of the molecule is CCC/C=C\C/C=C\CCCCCCCC(=O)OC(COCCCCCCCCCC/C=C\CCCCCCCC)COP(=O)(O)OC1C(O)C(O)C(O)C(O)C1O. The van der Waals surface area contributed by atoms with Crippen LogP contribution in [0.5, 0.6) is 0 Å². The third kappa shape index (κ3) is 28.2. The largest absolute Gasteiger partial charge is 0.472 e. The third-order valence-electron chi connectivity index (χ3n) is 10.5. The van der Waals surface area contributed by atoms with E-state index >= 15 is 0 Å². The molecule has 13 heteroatoms. The average Bonchev–Trinajstić information content (AvgIpc) is 3.21. The first-order chi connectivity index (χ1) is 28.0. The van der Waals surface area contributed by atoms with Gasteiger partial charge < -0.3 is 39.9 Å². The summed E-state index contributed by atoms with van der Waals surface area (Å²) >= 11 is 0. The lowest BCUT2D eigenvalue weighted by Gasteiger charge is -2.41. The second-order valence-corrected chi connectivity index (χ2v) is 17.3. The standard InChI is InChI=1S/C45H83O12P/c1-3-5-7-9-11-13-15-17-18-19-20-21-23-25-27-29-31-33-35-54-36-38(37-55-58(52,53)57-45-43(50)41(48)40(47)42(49)44(45)51)56-39(46)34-32-30-28-26-24-22-16-14-12-10-8-6-4-2/h8,10,14,16-18,38,40-45,47-51H,3-7,9,11-13,15,19-37H2,1-2H3,(H,52,53)/b10-8-,16-14-,18-17-. The molecule has 6 atom stereocenters. The number of hydrogen-bond acceptors (Lipinski definition) is 11. The Morgan fingerprint density at radius 1 is 0.552 bits per heavy atom. The van der Waals surface area contributed by atoms with E-state index in [0.717, 1.165) is 70.6 Å². The number of aliphatic hydroxyl groups is 5. The van der Waals surface area contributed by atoms with Crippen LogP contribution in [0.2, 0.25) is 0 Å². The van der Waals surface area contributed by atoms with Gasteiger partial charge in [-0.15, -0.1) is 0 Å². The Morgan fingerprint density at radius 3 is 1.53 bits per heavy atom. The van der Waals surface area contributed by atoms with Crippen molar-refractivity contribution in [2.45, 2.75) is 224 Å². The monoisotopic (exact) mass is 847 g/mol. The number of rotatable bonds is 38. The Hall–Kier alpha value is -1.44. The Kier molecular flexibility index (Phi) is 34.1. The van der Waals surface area contributed by atoms with Crippen molar-refractivity contribution in [3.8, 4) is 0 Å². The van der Waals surface area contributed by atoms with Crippen molar-refractivity contribution in [1.29, 1.82) is 0 Å². The summed E-state index contributed by atoms with van der Waals surface area (Å²) in [5.41, 5.74) is 0. The van der Waals surface area contributed by atoms with E-state index in [4.69, 9.17) is 18.5 Å². The van der Waals surface area contributed by atoms with Gasteiger partial charge in [0.1, 0.15) is 42.7 Å². The van der Waals surface area contributed by atoms with E-state index in [2.05, 4.69) is 50.3 Å². The molecule has 6 N–H and O–H groups in total. The summed E-state index contributed by atoms with van der Waals surface area (Å²) in [6.07, 6.45) is 29.3. The summed E-state index contributed by atoms with van der Waals surface area (Å²) in [7, 11) is -5.02. The van der Waals surface area contributed by atoms with E-state index in [1.54, 1.807) is 0 Å². The first-order valence-electron chi connectivity index (χ1n) is 22.8.